The van der Waals surface area contributed by atoms with Gasteiger partial charge in [0.05, 0.1) is 13.2 Å². The van der Waals surface area contributed by atoms with E-state index in [-0.39, 0.29) is 12.1 Å². The second kappa shape index (κ2) is 3.53. The average Bonchev–Trinajstić information content (AvgIpc) is 2.65. The van der Waals surface area contributed by atoms with Gasteiger partial charge < -0.3 is 14.8 Å². The van der Waals surface area contributed by atoms with Crippen LogP contribution in [0.5, 0.6) is 5.88 Å². The third-order valence-electron chi connectivity index (χ3n) is 2.04. The van der Waals surface area contributed by atoms with Crippen molar-refractivity contribution < 1.29 is 14.3 Å². The molecule has 0 aliphatic carbocycles. The van der Waals surface area contributed by atoms with E-state index in [4.69, 9.17) is 9.47 Å². The van der Waals surface area contributed by atoms with Gasteiger partial charge in [0, 0.05) is 12.3 Å². The molecular formula is C9H10N2O3. The van der Waals surface area contributed by atoms with Crippen LogP contribution in [0.2, 0.25) is 0 Å². The monoisotopic (exact) mass is 194 g/mol. The predicted molar refractivity (Wildman–Crippen MR) is 48.0 cm³/mol. The van der Waals surface area contributed by atoms with Crippen LogP contribution in [0.1, 0.15) is 11.6 Å². The summed E-state index contributed by atoms with van der Waals surface area (Å²) >= 11 is 0. The maximum atomic E-state index is 10.8. The number of nitrogens with one attached hydrogen (secondary N) is 1. The number of hydrogen-bond acceptors (Lipinski definition) is 4. The molecule has 1 aromatic heterocycles. The minimum absolute atomic E-state index is 0.0964. The highest BCUT2D eigenvalue weighted by molar-refractivity contribution is 5.70. The number of amides is 1. The fourth-order valence-corrected chi connectivity index (χ4v) is 1.28. The Morgan fingerprint density at radius 3 is 3.00 bits per heavy atom. The van der Waals surface area contributed by atoms with E-state index in [0.717, 1.165) is 5.56 Å². The molecule has 2 rings (SSSR count). The van der Waals surface area contributed by atoms with Crippen LogP contribution in [0.3, 0.4) is 0 Å². The first kappa shape index (κ1) is 8.80. The van der Waals surface area contributed by atoms with Gasteiger partial charge in [-0.3, -0.25) is 0 Å². The predicted octanol–water partition coefficient (Wildman–Crippen LogP) is 0.871. The molecule has 1 N–H and O–H groups in total. The second-order valence-electron chi connectivity index (χ2n) is 2.93. The molecule has 74 valence electrons. The molecule has 1 amide bonds. The highest BCUT2D eigenvalue weighted by atomic mass is 16.6. The summed E-state index contributed by atoms with van der Waals surface area (Å²) in [6.45, 7) is 0.354. The lowest BCUT2D eigenvalue weighted by Crippen LogP contribution is -2.18. The summed E-state index contributed by atoms with van der Waals surface area (Å²) in [5.41, 5.74) is 0.914. The van der Waals surface area contributed by atoms with Crippen molar-refractivity contribution in [1.82, 2.24) is 10.3 Å². The highest BCUT2D eigenvalue weighted by Crippen LogP contribution is 2.18. The number of pyridine rings is 1. The molecule has 1 aliphatic heterocycles. The first-order valence-electron chi connectivity index (χ1n) is 4.23. The van der Waals surface area contributed by atoms with Crippen molar-refractivity contribution in [2.24, 2.45) is 0 Å². The Morgan fingerprint density at radius 1 is 1.64 bits per heavy atom. The van der Waals surface area contributed by atoms with Crippen LogP contribution in [-0.4, -0.2) is 24.8 Å². The van der Waals surface area contributed by atoms with Crippen molar-refractivity contribution in [3.63, 3.8) is 0 Å². The molecule has 1 aliphatic rings. The van der Waals surface area contributed by atoms with Crippen LogP contribution in [0, 0.1) is 0 Å². The third-order valence-corrected chi connectivity index (χ3v) is 2.04. The molecule has 1 atom stereocenters. The van der Waals surface area contributed by atoms with Crippen LogP contribution in [-0.2, 0) is 4.74 Å². The number of cyclic esters (lactones) is 1. The number of ether oxygens (including phenoxy) is 2. The summed E-state index contributed by atoms with van der Waals surface area (Å²) < 4.78 is 9.69. The van der Waals surface area contributed by atoms with Crippen LogP contribution in [0.25, 0.3) is 0 Å². The number of methoxy groups -OCH3 is 1. The average molecular weight is 194 g/mol. The third kappa shape index (κ3) is 1.61. The molecule has 5 nitrogen and oxygen atoms in total. The SMILES string of the molecule is COc1ccc([C@@H]2COC(=O)N2)cn1. The number of carbonyl (C=O) groups excluding carboxylic acids is 1. The molecule has 2 heterocycles. The Kier molecular flexibility index (Phi) is 2.22. The molecule has 0 bridgehead atoms. The van der Waals surface area contributed by atoms with Gasteiger partial charge in [0.2, 0.25) is 5.88 Å². The molecule has 1 aromatic rings. The number of carbonyl (C=O) groups is 1. The van der Waals surface area contributed by atoms with E-state index >= 15 is 0 Å². The smallest absolute Gasteiger partial charge is 0.407 e. The van der Waals surface area contributed by atoms with Gasteiger partial charge in [-0.1, -0.05) is 0 Å². The molecule has 5 heteroatoms. The quantitative estimate of drug-likeness (QED) is 0.758. The molecule has 0 spiro atoms. The van der Waals surface area contributed by atoms with Gasteiger partial charge >= 0.3 is 6.09 Å². The van der Waals surface area contributed by atoms with Crippen molar-refractivity contribution in [2.45, 2.75) is 6.04 Å². The minimum atomic E-state index is -0.384. The summed E-state index contributed by atoms with van der Waals surface area (Å²) in [5, 5.41) is 2.67. The van der Waals surface area contributed by atoms with Crippen molar-refractivity contribution >= 4 is 6.09 Å². The number of hydrogen-bond donors (Lipinski definition) is 1. The van der Waals surface area contributed by atoms with Crippen LogP contribution < -0.4 is 10.1 Å². The molecule has 0 radical (unpaired) electrons. The Labute approximate surface area is 81.0 Å². The number of rotatable bonds is 2. The maximum Gasteiger partial charge on any atom is 0.407 e. The zero-order valence-electron chi connectivity index (χ0n) is 7.69. The summed E-state index contributed by atoms with van der Waals surface area (Å²) in [6, 6.07) is 3.51. The standard InChI is InChI=1S/C9H10N2O3/c1-13-8-3-2-6(4-10-8)7-5-14-9(12)11-7/h2-4,7H,5H2,1H3,(H,11,12)/t7-/m0/s1. The topological polar surface area (TPSA) is 60.5 Å². The van der Waals surface area contributed by atoms with E-state index in [9.17, 15) is 4.79 Å². The van der Waals surface area contributed by atoms with Crippen molar-refractivity contribution in [1.29, 1.82) is 0 Å². The van der Waals surface area contributed by atoms with E-state index in [1.54, 1.807) is 19.4 Å². The first-order chi connectivity index (χ1) is 6.79. The Bertz CT molecular complexity index is 336. The number of aromatic nitrogens is 1. The molecule has 1 fully saturated rings. The van der Waals surface area contributed by atoms with Crippen molar-refractivity contribution in [2.75, 3.05) is 13.7 Å². The van der Waals surface area contributed by atoms with Crippen molar-refractivity contribution in [3.05, 3.63) is 23.9 Å². The summed E-state index contributed by atoms with van der Waals surface area (Å²) in [6.07, 6.45) is 1.28. The molecular weight excluding hydrogens is 184 g/mol. The molecule has 0 aromatic carbocycles. The molecule has 14 heavy (non-hydrogen) atoms. The Balaban J connectivity index is 2.13. The zero-order chi connectivity index (χ0) is 9.97. The van der Waals surface area contributed by atoms with E-state index in [0.29, 0.717) is 12.5 Å². The zero-order valence-corrected chi connectivity index (χ0v) is 7.69. The normalized spacial score (nSPS) is 20.1. The fraction of sp³-hybridized carbons (Fsp3) is 0.333. The van der Waals surface area contributed by atoms with Crippen LogP contribution in [0.15, 0.2) is 18.3 Å². The summed E-state index contributed by atoms with van der Waals surface area (Å²) in [5.74, 6) is 0.555. The van der Waals surface area contributed by atoms with Crippen LogP contribution in [0.4, 0.5) is 4.79 Å². The minimum Gasteiger partial charge on any atom is -0.481 e. The lowest BCUT2D eigenvalue weighted by Gasteiger charge is -2.06. The van der Waals surface area contributed by atoms with Gasteiger partial charge in [-0.05, 0) is 11.6 Å². The van der Waals surface area contributed by atoms with Gasteiger partial charge in [0.25, 0.3) is 0 Å². The van der Waals surface area contributed by atoms with E-state index in [2.05, 4.69) is 10.3 Å². The van der Waals surface area contributed by atoms with E-state index in [1.807, 2.05) is 6.07 Å². The Morgan fingerprint density at radius 2 is 2.50 bits per heavy atom. The second-order valence-corrected chi connectivity index (χ2v) is 2.93. The van der Waals surface area contributed by atoms with Crippen LogP contribution >= 0.6 is 0 Å². The molecule has 0 unspecified atom stereocenters. The van der Waals surface area contributed by atoms with Crippen molar-refractivity contribution in [3.8, 4) is 5.88 Å². The number of nitrogens with zero attached hydrogens (tertiary/aromatic N) is 1. The molecule has 1 saturated heterocycles. The van der Waals surface area contributed by atoms with E-state index in [1.165, 1.54) is 0 Å². The lowest BCUT2D eigenvalue weighted by molar-refractivity contribution is 0.177. The van der Waals surface area contributed by atoms with Gasteiger partial charge in [-0.2, -0.15) is 0 Å². The fourth-order valence-electron chi connectivity index (χ4n) is 1.28. The summed E-state index contributed by atoms with van der Waals surface area (Å²) in [7, 11) is 1.56. The van der Waals surface area contributed by atoms with Gasteiger partial charge in [0.1, 0.15) is 6.61 Å². The van der Waals surface area contributed by atoms with Gasteiger partial charge in [0.15, 0.2) is 0 Å². The van der Waals surface area contributed by atoms with Gasteiger partial charge in [-0.25, -0.2) is 9.78 Å². The number of alkyl carbamates (subject to hydrolysis) is 1. The maximum absolute atomic E-state index is 10.8. The van der Waals surface area contributed by atoms with E-state index < -0.39 is 0 Å². The first-order valence-corrected chi connectivity index (χ1v) is 4.23. The highest BCUT2D eigenvalue weighted by Gasteiger charge is 2.23. The van der Waals surface area contributed by atoms with Gasteiger partial charge in [-0.15, -0.1) is 0 Å². The summed E-state index contributed by atoms with van der Waals surface area (Å²) in [4.78, 5) is 14.8. The Hall–Kier alpha value is -1.78. The largest absolute Gasteiger partial charge is 0.481 e. The molecule has 0 saturated carbocycles. The lowest BCUT2D eigenvalue weighted by atomic mass is 10.1.